The number of amides is 1. The normalized spacial score (nSPS) is 26.8. The summed E-state index contributed by atoms with van der Waals surface area (Å²) in [4.78, 5) is 11.5. The van der Waals surface area contributed by atoms with Gasteiger partial charge in [-0.2, -0.15) is 0 Å². The van der Waals surface area contributed by atoms with Crippen LogP contribution in [0.5, 0.6) is 0 Å². The lowest BCUT2D eigenvalue weighted by Gasteiger charge is -2.35. The Morgan fingerprint density at radius 2 is 1.68 bits per heavy atom. The minimum Gasteiger partial charge on any atom is -0.382 e. The molecule has 2 rings (SSSR count). The van der Waals surface area contributed by atoms with Gasteiger partial charge in [0.25, 0.3) is 5.91 Å². The average Bonchev–Trinajstić information content (AvgIpc) is 2.43. The number of hydrogen-bond acceptors (Lipinski definition) is 2. The number of nitrogens with one attached hydrogen (secondary N) is 2. The van der Waals surface area contributed by atoms with Crippen molar-refractivity contribution in [1.82, 2.24) is 5.32 Å². The van der Waals surface area contributed by atoms with Gasteiger partial charge in [-0.15, -0.1) is 0 Å². The van der Waals surface area contributed by atoms with Crippen molar-refractivity contribution in [1.29, 1.82) is 0 Å². The Balaban J connectivity index is 2.04. The molecule has 1 aliphatic rings. The summed E-state index contributed by atoms with van der Waals surface area (Å²) in [5.41, 5.74) is 1.82. The summed E-state index contributed by atoms with van der Waals surface area (Å²) >= 11 is 0. The van der Waals surface area contributed by atoms with E-state index in [0.717, 1.165) is 5.69 Å². The molecule has 1 aromatic rings. The standard InChI is InChI=1S/C16H24N2O/c1-11-5-4-6-12(2)15(11)18-14-9-7-13(8-10-14)16(19)17-3/h7-12,15,18H,4-6H2,1-3H3,(H,17,19). The minimum atomic E-state index is -0.0362. The Hall–Kier alpha value is -1.51. The molecule has 0 aromatic heterocycles. The van der Waals surface area contributed by atoms with Gasteiger partial charge in [-0.25, -0.2) is 0 Å². The largest absolute Gasteiger partial charge is 0.382 e. The molecule has 0 heterocycles. The first-order chi connectivity index (χ1) is 9.11. The number of benzene rings is 1. The molecule has 1 aromatic carbocycles. The molecule has 2 atom stereocenters. The van der Waals surface area contributed by atoms with Gasteiger partial charge in [0.15, 0.2) is 0 Å². The van der Waals surface area contributed by atoms with Gasteiger partial charge in [-0.1, -0.05) is 20.3 Å². The summed E-state index contributed by atoms with van der Waals surface area (Å²) in [5, 5.41) is 6.27. The van der Waals surface area contributed by atoms with E-state index < -0.39 is 0 Å². The first-order valence-electron chi connectivity index (χ1n) is 7.20. The number of anilines is 1. The molecule has 3 heteroatoms. The molecule has 2 N–H and O–H groups in total. The molecule has 19 heavy (non-hydrogen) atoms. The fraction of sp³-hybridized carbons (Fsp3) is 0.562. The maximum atomic E-state index is 11.5. The first-order valence-corrected chi connectivity index (χ1v) is 7.20. The van der Waals surface area contributed by atoms with E-state index in [1.807, 2.05) is 24.3 Å². The van der Waals surface area contributed by atoms with Crippen molar-refractivity contribution < 1.29 is 4.79 Å². The lowest BCUT2D eigenvalue weighted by Crippen LogP contribution is -2.37. The van der Waals surface area contributed by atoms with Crippen molar-refractivity contribution in [2.45, 2.75) is 39.2 Å². The predicted molar refractivity (Wildman–Crippen MR) is 79.4 cm³/mol. The maximum Gasteiger partial charge on any atom is 0.251 e. The molecule has 0 spiro atoms. The number of hydrogen-bond donors (Lipinski definition) is 2. The number of carbonyl (C=O) groups is 1. The molecule has 0 aliphatic heterocycles. The van der Waals surface area contributed by atoms with E-state index >= 15 is 0 Å². The van der Waals surface area contributed by atoms with Crippen LogP contribution in [0.1, 0.15) is 43.5 Å². The number of carbonyl (C=O) groups excluding carboxylic acids is 1. The van der Waals surface area contributed by atoms with Gasteiger partial charge in [0.2, 0.25) is 0 Å². The zero-order valence-electron chi connectivity index (χ0n) is 12.1. The third-order valence-corrected chi connectivity index (χ3v) is 4.25. The van der Waals surface area contributed by atoms with Gasteiger partial charge in [0, 0.05) is 24.3 Å². The van der Waals surface area contributed by atoms with E-state index in [9.17, 15) is 4.79 Å². The minimum absolute atomic E-state index is 0.0362. The van der Waals surface area contributed by atoms with Gasteiger partial charge >= 0.3 is 0 Å². The number of rotatable bonds is 3. The van der Waals surface area contributed by atoms with Crippen LogP contribution in [0, 0.1) is 11.8 Å². The van der Waals surface area contributed by atoms with Gasteiger partial charge < -0.3 is 10.6 Å². The summed E-state index contributed by atoms with van der Waals surface area (Å²) in [6.45, 7) is 4.65. The highest BCUT2D eigenvalue weighted by atomic mass is 16.1. The molecule has 1 amide bonds. The predicted octanol–water partition coefficient (Wildman–Crippen LogP) is 3.28. The summed E-state index contributed by atoms with van der Waals surface area (Å²) in [7, 11) is 1.65. The van der Waals surface area contributed by atoms with E-state index in [1.165, 1.54) is 19.3 Å². The van der Waals surface area contributed by atoms with E-state index in [4.69, 9.17) is 0 Å². The topological polar surface area (TPSA) is 41.1 Å². The molecule has 1 saturated carbocycles. The third kappa shape index (κ3) is 3.28. The highest BCUT2D eigenvalue weighted by molar-refractivity contribution is 5.94. The molecule has 2 unspecified atom stereocenters. The van der Waals surface area contributed by atoms with Crippen molar-refractivity contribution in [3.8, 4) is 0 Å². The van der Waals surface area contributed by atoms with Gasteiger partial charge in [0.1, 0.15) is 0 Å². The zero-order valence-corrected chi connectivity index (χ0v) is 12.1. The molecule has 104 valence electrons. The van der Waals surface area contributed by atoms with Crippen LogP contribution < -0.4 is 10.6 Å². The van der Waals surface area contributed by atoms with Crippen molar-refractivity contribution in [2.24, 2.45) is 11.8 Å². The van der Waals surface area contributed by atoms with Crippen LogP contribution in [0.15, 0.2) is 24.3 Å². The SMILES string of the molecule is CNC(=O)c1ccc(NC2C(C)CCCC2C)cc1. The molecule has 3 nitrogen and oxygen atoms in total. The summed E-state index contributed by atoms with van der Waals surface area (Å²) in [6.07, 6.45) is 3.95. The van der Waals surface area contributed by atoms with Crippen LogP contribution in [0.25, 0.3) is 0 Å². The fourth-order valence-electron chi connectivity index (χ4n) is 3.02. The van der Waals surface area contributed by atoms with Crippen molar-refractivity contribution in [3.05, 3.63) is 29.8 Å². The van der Waals surface area contributed by atoms with Crippen LogP contribution >= 0.6 is 0 Å². The highest BCUT2D eigenvalue weighted by Gasteiger charge is 2.27. The average molecular weight is 260 g/mol. The Labute approximate surface area is 115 Å². The van der Waals surface area contributed by atoms with Crippen molar-refractivity contribution in [3.63, 3.8) is 0 Å². The van der Waals surface area contributed by atoms with Crippen molar-refractivity contribution in [2.75, 3.05) is 12.4 Å². The molecule has 0 bridgehead atoms. The quantitative estimate of drug-likeness (QED) is 0.875. The second-order valence-electron chi connectivity index (χ2n) is 5.71. The van der Waals surface area contributed by atoms with Gasteiger partial charge in [-0.3, -0.25) is 4.79 Å². The zero-order chi connectivity index (χ0) is 13.8. The maximum absolute atomic E-state index is 11.5. The Kier molecular flexibility index (Phi) is 4.46. The first kappa shape index (κ1) is 13.9. The van der Waals surface area contributed by atoms with Crippen LogP contribution in [0.2, 0.25) is 0 Å². The van der Waals surface area contributed by atoms with Crippen LogP contribution in [-0.2, 0) is 0 Å². The van der Waals surface area contributed by atoms with E-state index in [2.05, 4.69) is 24.5 Å². The molecule has 0 radical (unpaired) electrons. The Morgan fingerprint density at radius 1 is 1.11 bits per heavy atom. The van der Waals surface area contributed by atoms with E-state index in [1.54, 1.807) is 7.05 Å². The fourth-order valence-corrected chi connectivity index (χ4v) is 3.02. The van der Waals surface area contributed by atoms with Crippen molar-refractivity contribution >= 4 is 11.6 Å². The summed E-state index contributed by atoms with van der Waals surface area (Å²) in [5.74, 6) is 1.38. The Bertz CT molecular complexity index is 417. The summed E-state index contributed by atoms with van der Waals surface area (Å²) < 4.78 is 0. The molecule has 0 saturated heterocycles. The monoisotopic (exact) mass is 260 g/mol. The molecular weight excluding hydrogens is 236 g/mol. The second-order valence-corrected chi connectivity index (χ2v) is 5.71. The van der Waals surface area contributed by atoms with E-state index in [-0.39, 0.29) is 5.91 Å². The second kappa shape index (κ2) is 6.09. The highest BCUT2D eigenvalue weighted by Crippen LogP contribution is 2.31. The smallest absolute Gasteiger partial charge is 0.251 e. The molecule has 1 aliphatic carbocycles. The third-order valence-electron chi connectivity index (χ3n) is 4.25. The molecule has 1 fully saturated rings. The van der Waals surface area contributed by atoms with Crippen LogP contribution in [0.3, 0.4) is 0 Å². The lowest BCUT2D eigenvalue weighted by atomic mass is 9.78. The Morgan fingerprint density at radius 3 is 2.21 bits per heavy atom. The van der Waals surface area contributed by atoms with E-state index in [0.29, 0.717) is 23.4 Å². The van der Waals surface area contributed by atoms with Gasteiger partial charge in [0.05, 0.1) is 0 Å². The van der Waals surface area contributed by atoms with Crippen LogP contribution in [0.4, 0.5) is 5.69 Å². The summed E-state index contributed by atoms with van der Waals surface area (Å²) in [6, 6.07) is 8.29. The van der Waals surface area contributed by atoms with Gasteiger partial charge in [-0.05, 0) is 48.9 Å². The van der Waals surface area contributed by atoms with Crippen LogP contribution in [-0.4, -0.2) is 19.0 Å². The lowest BCUT2D eigenvalue weighted by molar-refractivity contribution is 0.0963. The molecular formula is C16H24N2O.